The molecule has 1 unspecified atom stereocenters. The van der Waals surface area contributed by atoms with Gasteiger partial charge in [-0.2, -0.15) is 0 Å². The van der Waals surface area contributed by atoms with Crippen molar-refractivity contribution in [1.82, 2.24) is 10.6 Å². The van der Waals surface area contributed by atoms with Crippen molar-refractivity contribution in [3.05, 3.63) is 28.2 Å². The maximum atomic E-state index is 12.2. The van der Waals surface area contributed by atoms with E-state index < -0.39 is 0 Å². The van der Waals surface area contributed by atoms with E-state index in [2.05, 4.69) is 26.6 Å². The molecule has 0 aromatic heterocycles. The number of ether oxygens (including phenoxy) is 2. The number of halogens is 1. The van der Waals surface area contributed by atoms with Gasteiger partial charge in [0, 0.05) is 18.7 Å². The van der Waals surface area contributed by atoms with Crippen LogP contribution in [0.2, 0.25) is 0 Å². The molecule has 0 aliphatic carbocycles. The molecular weight excluding hydrogens is 380 g/mol. The molecule has 1 heterocycles. The van der Waals surface area contributed by atoms with Gasteiger partial charge in [-0.05, 0) is 73.0 Å². The Morgan fingerprint density at radius 1 is 1.52 bits per heavy atom. The molecule has 1 aliphatic rings. The van der Waals surface area contributed by atoms with Gasteiger partial charge in [-0.3, -0.25) is 10.1 Å². The number of rotatable bonds is 5. The third-order valence-electron chi connectivity index (χ3n) is 3.30. The second-order valence-corrected chi connectivity index (χ2v) is 6.87. The molecule has 5 nitrogen and oxygen atoms in total. The first-order valence-electron chi connectivity index (χ1n) is 7.62. The molecule has 1 aliphatic heterocycles. The van der Waals surface area contributed by atoms with Crippen LogP contribution in [-0.4, -0.2) is 36.4 Å². The summed E-state index contributed by atoms with van der Waals surface area (Å²) in [6.45, 7) is 5.31. The zero-order valence-electron chi connectivity index (χ0n) is 13.2. The van der Waals surface area contributed by atoms with Gasteiger partial charge in [0.15, 0.2) is 5.11 Å². The number of nitrogens with one attached hydrogen (secondary N) is 2. The number of benzene rings is 1. The molecule has 1 saturated heterocycles. The van der Waals surface area contributed by atoms with Gasteiger partial charge in [0.1, 0.15) is 5.75 Å². The van der Waals surface area contributed by atoms with Gasteiger partial charge >= 0.3 is 0 Å². The summed E-state index contributed by atoms with van der Waals surface area (Å²) < 4.78 is 11.9. The molecule has 1 amide bonds. The summed E-state index contributed by atoms with van der Waals surface area (Å²) in [7, 11) is 0. The van der Waals surface area contributed by atoms with Crippen LogP contribution in [0.15, 0.2) is 22.7 Å². The van der Waals surface area contributed by atoms with E-state index in [0.717, 1.165) is 23.9 Å². The lowest BCUT2D eigenvalue weighted by Crippen LogP contribution is -2.42. The summed E-state index contributed by atoms with van der Waals surface area (Å²) in [5.74, 6) is 0.447. The van der Waals surface area contributed by atoms with Crippen LogP contribution in [0.25, 0.3) is 0 Å². The summed E-state index contributed by atoms with van der Waals surface area (Å²) in [5.41, 5.74) is 0.509. The van der Waals surface area contributed by atoms with Crippen LogP contribution in [0, 0.1) is 0 Å². The van der Waals surface area contributed by atoms with Crippen LogP contribution in [-0.2, 0) is 4.74 Å². The molecule has 1 fully saturated rings. The largest absolute Gasteiger partial charge is 0.490 e. The Kier molecular flexibility index (Phi) is 6.80. The van der Waals surface area contributed by atoms with Crippen LogP contribution in [0.1, 0.15) is 37.0 Å². The van der Waals surface area contributed by atoms with Crippen molar-refractivity contribution in [3.8, 4) is 5.75 Å². The molecule has 0 radical (unpaired) electrons. The zero-order chi connectivity index (χ0) is 16.8. The summed E-state index contributed by atoms with van der Waals surface area (Å²) in [6.07, 6.45) is 2.34. The van der Waals surface area contributed by atoms with Crippen molar-refractivity contribution in [2.24, 2.45) is 0 Å². The maximum absolute atomic E-state index is 12.2. The molecule has 1 aromatic rings. The molecule has 0 saturated carbocycles. The second kappa shape index (κ2) is 8.61. The Hall–Kier alpha value is -1.18. The van der Waals surface area contributed by atoms with Gasteiger partial charge in [0.2, 0.25) is 0 Å². The van der Waals surface area contributed by atoms with Crippen LogP contribution in [0.4, 0.5) is 0 Å². The summed E-state index contributed by atoms with van der Waals surface area (Å²) >= 11 is 8.56. The third-order valence-corrected chi connectivity index (χ3v) is 4.16. The first-order valence-corrected chi connectivity index (χ1v) is 8.83. The Morgan fingerprint density at radius 2 is 2.30 bits per heavy atom. The van der Waals surface area contributed by atoms with Gasteiger partial charge < -0.3 is 14.8 Å². The molecular formula is C16H21BrN2O3S. The summed E-state index contributed by atoms with van der Waals surface area (Å²) in [4.78, 5) is 12.2. The van der Waals surface area contributed by atoms with E-state index in [1.165, 1.54) is 0 Å². The molecule has 1 aromatic carbocycles. The minimum absolute atomic E-state index is 0.0700. The fourth-order valence-corrected chi connectivity index (χ4v) is 2.87. The standard InChI is InChI=1S/C16H21BrN2O3S/c1-10(2)22-14-6-5-11(8-13(14)17)15(20)19-16(23)18-9-12-4-3-7-21-12/h5-6,8,10,12H,3-4,7,9H2,1-2H3,(H2,18,19,20,23). The Bertz CT molecular complexity index is 574. The highest BCUT2D eigenvalue weighted by molar-refractivity contribution is 9.10. The summed E-state index contributed by atoms with van der Waals surface area (Å²) in [5, 5.41) is 6.00. The Balaban J connectivity index is 1.86. The number of thiocarbonyl (C=S) groups is 1. The van der Waals surface area contributed by atoms with E-state index in [4.69, 9.17) is 21.7 Å². The smallest absolute Gasteiger partial charge is 0.257 e. The molecule has 1 atom stereocenters. The molecule has 2 rings (SSSR count). The van der Waals surface area contributed by atoms with Crippen LogP contribution < -0.4 is 15.4 Å². The van der Waals surface area contributed by atoms with Crippen LogP contribution in [0.3, 0.4) is 0 Å². The lowest BCUT2D eigenvalue weighted by Gasteiger charge is -2.14. The van der Waals surface area contributed by atoms with Crippen molar-refractivity contribution in [2.45, 2.75) is 38.9 Å². The van der Waals surface area contributed by atoms with Crippen molar-refractivity contribution < 1.29 is 14.3 Å². The van der Waals surface area contributed by atoms with E-state index in [0.29, 0.717) is 23.0 Å². The van der Waals surface area contributed by atoms with Crippen LogP contribution in [0.5, 0.6) is 5.75 Å². The highest BCUT2D eigenvalue weighted by atomic mass is 79.9. The van der Waals surface area contributed by atoms with E-state index >= 15 is 0 Å². The number of carbonyl (C=O) groups excluding carboxylic acids is 1. The second-order valence-electron chi connectivity index (χ2n) is 5.61. The topological polar surface area (TPSA) is 59.6 Å². The molecule has 23 heavy (non-hydrogen) atoms. The van der Waals surface area contributed by atoms with E-state index in [-0.39, 0.29) is 18.1 Å². The van der Waals surface area contributed by atoms with E-state index in [1.807, 2.05) is 13.8 Å². The monoisotopic (exact) mass is 400 g/mol. The first kappa shape index (κ1) is 18.2. The highest BCUT2D eigenvalue weighted by Gasteiger charge is 2.16. The fourth-order valence-electron chi connectivity index (χ4n) is 2.22. The lowest BCUT2D eigenvalue weighted by atomic mass is 10.2. The van der Waals surface area contributed by atoms with Gasteiger partial charge in [-0.1, -0.05) is 0 Å². The highest BCUT2D eigenvalue weighted by Crippen LogP contribution is 2.26. The Labute approximate surface area is 150 Å². The van der Waals surface area contributed by atoms with Gasteiger partial charge in [-0.15, -0.1) is 0 Å². The lowest BCUT2D eigenvalue weighted by molar-refractivity contribution is 0.0973. The Morgan fingerprint density at radius 3 is 2.91 bits per heavy atom. The number of carbonyl (C=O) groups is 1. The number of amides is 1. The number of hydrogen-bond acceptors (Lipinski definition) is 4. The molecule has 0 bridgehead atoms. The van der Waals surface area contributed by atoms with Gasteiger partial charge in [0.05, 0.1) is 16.7 Å². The van der Waals surface area contributed by atoms with Crippen molar-refractivity contribution in [3.63, 3.8) is 0 Å². The van der Waals surface area contributed by atoms with E-state index in [1.54, 1.807) is 18.2 Å². The van der Waals surface area contributed by atoms with E-state index in [9.17, 15) is 4.79 Å². The quantitative estimate of drug-likeness (QED) is 0.743. The normalized spacial score (nSPS) is 17.1. The van der Waals surface area contributed by atoms with Crippen molar-refractivity contribution in [1.29, 1.82) is 0 Å². The zero-order valence-corrected chi connectivity index (χ0v) is 15.6. The fraction of sp³-hybridized carbons (Fsp3) is 0.500. The average molecular weight is 401 g/mol. The van der Waals surface area contributed by atoms with Gasteiger partial charge in [-0.25, -0.2) is 0 Å². The summed E-state index contributed by atoms with van der Waals surface area (Å²) in [6, 6.07) is 5.19. The molecule has 7 heteroatoms. The van der Waals surface area contributed by atoms with Gasteiger partial charge in [0.25, 0.3) is 5.91 Å². The van der Waals surface area contributed by atoms with Crippen molar-refractivity contribution >= 4 is 39.2 Å². The molecule has 2 N–H and O–H groups in total. The SMILES string of the molecule is CC(C)Oc1ccc(C(=O)NC(=S)NCC2CCCO2)cc1Br. The van der Waals surface area contributed by atoms with Crippen molar-refractivity contribution in [2.75, 3.05) is 13.2 Å². The average Bonchev–Trinajstić information content (AvgIpc) is 3.00. The van der Waals surface area contributed by atoms with Crippen LogP contribution >= 0.6 is 28.1 Å². The minimum atomic E-state index is -0.258. The predicted octanol–water partition coefficient (Wildman–Crippen LogP) is 3.02. The number of hydrogen-bond donors (Lipinski definition) is 2. The minimum Gasteiger partial charge on any atom is -0.490 e. The first-order chi connectivity index (χ1) is 11.0. The predicted molar refractivity (Wildman–Crippen MR) is 96.9 cm³/mol. The molecule has 126 valence electrons. The maximum Gasteiger partial charge on any atom is 0.257 e. The third kappa shape index (κ3) is 5.75. The molecule has 0 spiro atoms.